The van der Waals surface area contributed by atoms with Crippen molar-refractivity contribution >= 4 is 16.8 Å². The molecule has 33 heavy (non-hydrogen) atoms. The van der Waals surface area contributed by atoms with E-state index < -0.39 is 11.7 Å². The van der Waals surface area contributed by atoms with Crippen molar-refractivity contribution in [2.75, 3.05) is 6.54 Å². The third kappa shape index (κ3) is 4.31. The summed E-state index contributed by atoms with van der Waals surface area (Å²) in [6.07, 6.45) is 0.522. The Morgan fingerprint density at radius 3 is 2.48 bits per heavy atom. The zero-order valence-electron chi connectivity index (χ0n) is 18.9. The van der Waals surface area contributed by atoms with Gasteiger partial charge >= 0.3 is 0 Å². The zero-order chi connectivity index (χ0) is 23.7. The Morgan fingerprint density at radius 1 is 1.06 bits per heavy atom. The maximum atomic E-state index is 14.3. The van der Waals surface area contributed by atoms with E-state index in [0.29, 0.717) is 24.2 Å². The first-order valence-electron chi connectivity index (χ1n) is 11.0. The number of aromatic hydroxyl groups is 2. The van der Waals surface area contributed by atoms with E-state index in [0.717, 1.165) is 22.2 Å². The maximum absolute atomic E-state index is 14.3. The van der Waals surface area contributed by atoms with Crippen LogP contribution in [0.25, 0.3) is 10.9 Å². The number of fused-ring (bicyclic) bond motifs is 1. The van der Waals surface area contributed by atoms with E-state index in [1.54, 1.807) is 12.1 Å². The summed E-state index contributed by atoms with van der Waals surface area (Å²) in [5, 5.41) is 25.8. The van der Waals surface area contributed by atoms with Gasteiger partial charge in [0.05, 0.1) is 17.2 Å². The molecule has 4 rings (SSSR count). The van der Waals surface area contributed by atoms with Crippen LogP contribution in [0.5, 0.6) is 11.6 Å². The minimum atomic E-state index is -0.663. The summed E-state index contributed by atoms with van der Waals surface area (Å²) < 4.78 is 14.3. The number of hydrogen-bond acceptors (Lipinski definition) is 3. The van der Waals surface area contributed by atoms with E-state index in [-0.39, 0.29) is 29.0 Å². The Labute approximate surface area is 191 Å². The maximum Gasteiger partial charge on any atom is 0.216 e. The fourth-order valence-corrected chi connectivity index (χ4v) is 4.47. The van der Waals surface area contributed by atoms with Crippen molar-refractivity contribution in [3.63, 3.8) is 0 Å². The highest BCUT2D eigenvalue weighted by Gasteiger charge is 2.32. The van der Waals surface area contributed by atoms with Gasteiger partial charge in [-0.1, -0.05) is 44.2 Å². The molecule has 4 aromatic rings. The average Bonchev–Trinajstić information content (AvgIpc) is 3.27. The number of hydrogen-bond donors (Lipinski definition) is 5. The van der Waals surface area contributed by atoms with E-state index in [1.165, 1.54) is 19.1 Å². The minimum absolute atomic E-state index is 0.0387. The molecule has 0 fully saturated rings. The van der Waals surface area contributed by atoms with E-state index in [4.69, 9.17) is 0 Å². The fourth-order valence-electron chi connectivity index (χ4n) is 4.47. The lowest BCUT2D eigenvalue weighted by Crippen LogP contribution is -2.23. The second-order valence-corrected chi connectivity index (χ2v) is 8.59. The number of aromatic nitrogens is 2. The molecular weight excluding hydrogens is 421 g/mol. The molecule has 1 atom stereocenters. The largest absolute Gasteiger partial charge is 0.506 e. The third-order valence-electron chi connectivity index (χ3n) is 5.95. The molecule has 172 valence electrons. The Balaban J connectivity index is 1.97. The van der Waals surface area contributed by atoms with Crippen LogP contribution in [-0.2, 0) is 11.2 Å². The molecule has 0 saturated carbocycles. The topological polar surface area (TPSA) is 101 Å². The van der Waals surface area contributed by atoms with Gasteiger partial charge in [-0.3, -0.25) is 4.79 Å². The molecule has 0 aliphatic rings. The highest BCUT2D eigenvalue weighted by Crippen LogP contribution is 2.47. The number of amides is 1. The molecule has 2 aromatic heterocycles. The summed E-state index contributed by atoms with van der Waals surface area (Å²) in [4.78, 5) is 17.8. The van der Waals surface area contributed by atoms with Gasteiger partial charge in [-0.2, -0.15) is 0 Å². The number of carbonyl (C=O) groups is 1. The predicted octanol–water partition coefficient (Wildman–Crippen LogP) is 5.03. The molecule has 6 nitrogen and oxygen atoms in total. The van der Waals surface area contributed by atoms with Crippen molar-refractivity contribution in [2.24, 2.45) is 0 Å². The van der Waals surface area contributed by atoms with Crippen LogP contribution in [0.2, 0.25) is 0 Å². The molecule has 2 heterocycles. The van der Waals surface area contributed by atoms with Crippen LogP contribution in [-0.4, -0.2) is 32.6 Å². The Morgan fingerprint density at radius 2 is 1.82 bits per heavy atom. The Kier molecular flexibility index (Phi) is 6.14. The van der Waals surface area contributed by atoms with Gasteiger partial charge < -0.3 is 25.5 Å². The first kappa shape index (κ1) is 22.5. The van der Waals surface area contributed by atoms with Crippen molar-refractivity contribution in [1.29, 1.82) is 0 Å². The summed E-state index contributed by atoms with van der Waals surface area (Å²) in [5.74, 6) is -1.45. The average molecular weight is 450 g/mol. The standard InChI is InChI=1S/C26H28FN3O3/c1-14(2)23-25(32)22(26(33)30-23)21(16-7-6-8-17(27)13-16)24-19(11-12-28-15(3)31)18-9-4-5-10-20(18)29-24/h4-10,13-14,21,29-30,32-33H,11-12H2,1-3H3,(H,28,31). The van der Waals surface area contributed by atoms with Crippen molar-refractivity contribution < 1.29 is 19.4 Å². The smallest absolute Gasteiger partial charge is 0.216 e. The van der Waals surface area contributed by atoms with Crippen LogP contribution in [0.15, 0.2) is 48.5 Å². The molecule has 5 N–H and O–H groups in total. The fraction of sp³-hybridized carbons (Fsp3) is 0.269. The van der Waals surface area contributed by atoms with Crippen LogP contribution >= 0.6 is 0 Å². The number of H-pyrrole nitrogens is 2. The van der Waals surface area contributed by atoms with Crippen molar-refractivity contribution in [1.82, 2.24) is 15.3 Å². The number of carbonyl (C=O) groups excluding carboxylic acids is 1. The van der Waals surface area contributed by atoms with E-state index in [9.17, 15) is 19.4 Å². The highest BCUT2D eigenvalue weighted by atomic mass is 19.1. The molecule has 0 saturated heterocycles. The van der Waals surface area contributed by atoms with Gasteiger partial charge in [0.25, 0.3) is 0 Å². The molecule has 0 spiro atoms. The van der Waals surface area contributed by atoms with Crippen molar-refractivity contribution in [3.8, 4) is 11.6 Å². The van der Waals surface area contributed by atoms with Gasteiger partial charge in [0.1, 0.15) is 11.6 Å². The highest BCUT2D eigenvalue weighted by molar-refractivity contribution is 5.85. The van der Waals surface area contributed by atoms with Crippen molar-refractivity contribution in [3.05, 3.63) is 82.4 Å². The number of benzene rings is 2. The Bertz CT molecular complexity index is 1310. The summed E-state index contributed by atoms with van der Waals surface area (Å²) in [6, 6.07) is 13.9. The number of para-hydroxylation sites is 1. The summed E-state index contributed by atoms with van der Waals surface area (Å²) in [6.45, 7) is 5.71. The predicted molar refractivity (Wildman–Crippen MR) is 126 cm³/mol. The van der Waals surface area contributed by atoms with Crippen LogP contribution in [0.4, 0.5) is 4.39 Å². The van der Waals surface area contributed by atoms with Gasteiger partial charge in [-0.15, -0.1) is 0 Å². The van der Waals surface area contributed by atoms with Crippen LogP contribution in [0.3, 0.4) is 0 Å². The number of halogens is 1. The second kappa shape index (κ2) is 9.02. The molecule has 0 aliphatic carbocycles. The lowest BCUT2D eigenvalue weighted by Gasteiger charge is -2.19. The lowest BCUT2D eigenvalue weighted by atomic mass is 9.85. The monoisotopic (exact) mass is 449 g/mol. The van der Waals surface area contributed by atoms with E-state index >= 15 is 0 Å². The quantitative estimate of drug-likeness (QED) is 0.274. The first-order chi connectivity index (χ1) is 15.8. The van der Waals surface area contributed by atoms with Crippen LogP contribution in [0.1, 0.15) is 60.7 Å². The summed E-state index contributed by atoms with van der Waals surface area (Å²) in [7, 11) is 0. The summed E-state index contributed by atoms with van der Waals surface area (Å²) in [5.41, 5.74) is 3.93. The SMILES string of the molecule is CC(=O)NCCc1c(C(c2cccc(F)c2)c2c(O)[nH]c(C(C)C)c2O)[nH]c2ccccc12. The molecule has 1 amide bonds. The molecule has 0 bridgehead atoms. The molecular formula is C26H28FN3O3. The van der Waals surface area contributed by atoms with Crippen LogP contribution in [0, 0.1) is 5.82 Å². The molecule has 1 unspecified atom stereocenters. The number of nitrogens with one attached hydrogen (secondary N) is 3. The van der Waals surface area contributed by atoms with E-state index in [2.05, 4.69) is 15.3 Å². The zero-order valence-corrected chi connectivity index (χ0v) is 18.9. The van der Waals surface area contributed by atoms with Gasteiger partial charge in [-0.05, 0) is 41.7 Å². The molecule has 0 radical (unpaired) electrons. The molecule has 2 aromatic carbocycles. The van der Waals surface area contributed by atoms with Crippen molar-refractivity contribution in [2.45, 2.75) is 39.0 Å². The minimum Gasteiger partial charge on any atom is -0.506 e. The third-order valence-corrected chi connectivity index (χ3v) is 5.95. The van der Waals surface area contributed by atoms with Gasteiger partial charge in [0.2, 0.25) is 5.91 Å². The Hall–Kier alpha value is -3.74. The van der Waals surface area contributed by atoms with Crippen LogP contribution < -0.4 is 5.32 Å². The molecule has 0 aliphatic heterocycles. The number of aromatic amines is 2. The molecule has 7 heteroatoms. The first-order valence-corrected chi connectivity index (χ1v) is 11.0. The lowest BCUT2D eigenvalue weighted by molar-refractivity contribution is -0.118. The van der Waals surface area contributed by atoms with Gasteiger partial charge in [0, 0.05) is 30.1 Å². The van der Waals surface area contributed by atoms with E-state index in [1.807, 2.05) is 38.1 Å². The van der Waals surface area contributed by atoms with Gasteiger partial charge in [-0.25, -0.2) is 4.39 Å². The second-order valence-electron chi connectivity index (χ2n) is 8.59. The number of rotatable bonds is 7. The normalized spacial score (nSPS) is 12.4. The van der Waals surface area contributed by atoms with Gasteiger partial charge in [0.15, 0.2) is 5.88 Å². The summed E-state index contributed by atoms with van der Waals surface area (Å²) >= 11 is 0.